The molecule has 146 valence electrons. The van der Waals surface area contributed by atoms with E-state index >= 15 is 0 Å². The molecule has 0 N–H and O–H groups in total. The molecule has 0 aliphatic rings. The van der Waals surface area contributed by atoms with Crippen LogP contribution in [-0.2, 0) is 4.79 Å². The van der Waals surface area contributed by atoms with Crippen molar-refractivity contribution in [3.05, 3.63) is 69.2 Å². The number of anilines is 2. The van der Waals surface area contributed by atoms with Gasteiger partial charge in [-0.15, -0.1) is 22.7 Å². The molecule has 0 saturated carbocycles. The molecule has 29 heavy (non-hydrogen) atoms. The van der Waals surface area contributed by atoms with E-state index in [4.69, 9.17) is 0 Å². The lowest BCUT2D eigenvalue weighted by molar-refractivity contribution is -0.115. The average Bonchev–Trinajstić information content (AvgIpc) is 3.28. The largest absolute Gasteiger partial charge is 0.274 e. The van der Waals surface area contributed by atoms with Gasteiger partial charge in [0, 0.05) is 12.3 Å². The minimum Gasteiger partial charge on any atom is -0.274 e. The van der Waals surface area contributed by atoms with Gasteiger partial charge in [-0.05, 0) is 61.7 Å². The first-order valence-electron chi connectivity index (χ1n) is 9.30. The second-order valence-corrected chi connectivity index (χ2v) is 8.91. The van der Waals surface area contributed by atoms with Crippen molar-refractivity contribution < 1.29 is 4.79 Å². The number of fused-ring (bicyclic) bond motifs is 1. The van der Waals surface area contributed by atoms with Crippen LogP contribution in [0.1, 0.15) is 34.3 Å². The van der Waals surface area contributed by atoms with Crippen LogP contribution in [0.5, 0.6) is 0 Å². The number of amides is 1. The number of hydrogen-bond acceptors (Lipinski definition) is 5. The minimum atomic E-state index is -0.0474. The molecule has 0 atom stereocenters. The van der Waals surface area contributed by atoms with Gasteiger partial charge in [-0.3, -0.25) is 9.69 Å². The predicted octanol–water partition coefficient (Wildman–Crippen LogP) is 6.53. The Balaban J connectivity index is 1.64. The quantitative estimate of drug-likeness (QED) is 0.378. The van der Waals surface area contributed by atoms with Crippen molar-refractivity contribution >= 4 is 61.8 Å². The molecule has 0 aliphatic carbocycles. The molecular weight excluding hydrogens is 398 g/mol. The first kappa shape index (κ1) is 19.5. The molecule has 0 unspecified atom stereocenters. The van der Waals surface area contributed by atoms with Crippen molar-refractivity contribution in [1.29, 1.82) is 0 Å². The van der Waals surface area contributed by atoms with E-state index in [0.717, 1.165) is 33.0 Å². The van der Waals surface area contributed by atoms with Gasteiger partial charge in [-0.25, -0.2) is 9.97 Å². The maximum Gasteiger partial charge on any atom is 0.230 e. The van der Waals surface area contributed by atoms with Gasteiger partial charge in [0.25, 0.3) is 0 Å². The third kappa shape index (κ3) is 3.99. The summed E-state index contributed by atoms with van der Waals surface area (Å²) in [6.45, 7) is 7.68. The number of rotatable bonds is 4. The van der Waals surface area contributed by atoms with E-state index in [0.29, 0.717) is 5.13 Å². The van der Waals surface area contributed by atoms with Gasteiger partial charge in [0.05, 0.1) is 21.6 Å². The summed E-state index contributed by atoms with van der Waals surface area (Å²) in [5.41, 5.74) is 6.06. The van der Waals surface area contributed by atoms with Crippen LogP contribution in [0.2, 0.25) is 0 Å². The molecule has 0 fully saturated rings. The Morgan fingerprint density at radius 2 is 1.79 bits per heavy atom. The normalized spacial score (nSPS) is 11.4. The Bertz CT molecular complexity index is 1220. The number of aryl methyl sites for hydroxylation is 3. The number of benzene rings is 2. The zero-order valence-corrected chi connectivity index (χ0v) is 18.4. The minimum absolute atomic E-state index is 0.0474. The lowest BCUT2D eigenvalue weighted by atomic mass is 10.1. The maximum absolute atomic E-state index is 12.4. The third-order valence-corrected chi connectivity index (χ3v) is 6.48. The monoisotopic (exact) mass is 419 g/mol. The molecule has 2 aromatic carbocycles. The highest BCUT2D eigenvalue weighted by Gasteiger charge is 2.21. The topological polar surface area (TPSA) is 46.1 Å². The number of carbonyl (C=O) groups excluding carboxylic acids is 1. The number of nitrogens with zero attached hydrogens (tertiary/aromatic N) is 3. The molecule has 4 rings (SSSR count). The van der Waals surface area contributed by atoms with E-state index in [9.17, 15) is 4.79 Å². The van der Waals surface area contributed by atoms with Gasteiger partial charge in [0.15, 0.2) is 5.13 Å². The fourth-order valence-electron chi connectivity index (χ4n) is 3.28. The van der Waals surface area contributed by atoms with Crippen LogP contribution in [-0.4, -0.2) is 15.9 Å². The van der Waals surface area contributed by atoms with Crippen molar-refractivity contribution in [2.45, 2.75) is 27.7 Å². The molecule has 1 amide bonds. The zero-order chi connectivity index (χ0) is 20.5. The summed E-state index contributed by atoms with van der Waals surface area (Å²) in [5, 5.41) is 3.58. The molecule has 4 aromatic rings. The number of carbonyl (C=O) groups is 1. The number of para-hydroxylation sites is 1. The van der Waals surface area contributed by atoms with E-state index < -0.39 is 0 Å². The number of aromatic nitrogens is 2. The lowest BCUT2D eigenvalue weighted by Crippen LogP contribution is -2.24. The second kappa shape index (κ2) is 7.89. The second-order valence-electron chi connectivity index (χ2n) is 7.01. The molecule has 0 aliphatic heterocycles. The molecule has 0 radical (unpaired) electrons. The molecule has 0 saturated heterocycles. The fraction of sp³-hybridized carbons (Fsp3) is 0.174. The number of hydrogen-bond donors (Lipinski definition) is 0. The Labute approximate surface area is 178 Å². The zero-order valence-electron chi connectivity index (χ0n) is 16.8. The summed E-state index contributed by atoms with van der Waals surface area (Å²) in [4.78, 5) is 23.5. The van der Waals surface area contributed by atoms with Crippen molar-refractivity contribution in [1.82, 2.24) is 9.97 Å². The maximum atomic E-state index is 12.4. The van der Waals surface area contributed by atoms with Crippen LogP contribution in [0, 0.1) is 20.8 Å². The van der Waals surface area contributed by atoms with Crippen LogP contribution in [0.15, 0.2) is 41.8 Å². The average molecular weight is 420 g/mol. The summed E-state index contributed by atoms with van der Waals surface area (Å²) in [7, 11) is 0. The van der Waals surface area contributed by atoms with Crippen LogP contribution >= 0.6 is 22.7 Å². The van der Waals surface area contributed by atoms with Gasteiger partial charge in [-0.1, -0.05) is 24.3 Å². The molecule has 2 aromatic heterocycles. The van der Waals surface area contributed by atoms with E-state index in [1.54, 1.807) is 23.2 Å². The first-order chi connectivity index (χ1) is 13.9. The van der Waals surface area contributed by atoms with E-state index in [1.165, 1.54) is 21.6 Å². The summed E-state index contributed by atoms with van der Waals surface area (Å²) in [5.74, 6) is -0.0474. The SMILES string of the molecule is CC(=O)N(c1nc(/C=C/c2nc3cc(C)ccc3s2)cs1)c1c(C)cccc1C. The Morgan fingerprint density at radius 3 is 2.52 bits per heavy atom. The van der Waals surface area contributed by atoms with E-state index in [2.05, 4.69) is 35.1 Å². The standard InChI is InChI=1S/C23H21N3OS2/c1-14-8-10-20-19(12-14)25-21(29-20)11-9-18-13-28-23(24-18)26(17(4)27)22-15(2)6-5-7-16(22)3/h5-13H,1-4H3/b11-9+. The smallest absolute Gasteiger partial charge is 0.230 e. The summed E-state index contributed by atoms with van der Waals surface area (Å²) in [6.07, 6.45) is 3.93. The highest BCUT2D eigenvalue weighted by atomic mass is 32.1. The van der Waals surface area contributed by atoms with E-state index in [1.807, 2.05) is 49.6 Å². The Hall–Kier alpha value is -2.83. The van der Waals surface area contributed by atoms with Crippen LogP contribution in [0.3, 0.4) is 0 Å². The molecule has 0 bridgehead atoms. The Kier molecular flexibility index (Phi) is 5.30. The van der Waals surface area contributed by atoms with Gasteiger partial charge in [-0.2, -0.15) is 0 Å². The summed E-state index contributed by atoms with van der Waals surface area (Å²) < 4.78 is 1.17. The molecular formula is C23H21N3OS2. The van der Waals surface area contributed by atoms with Crippen molar-refractivity contribution in [2.24, 2.45) is 0 Å². The molecule has 6 heteroatoms. The molecule has 2 heterocycles. The highest BCUT2D eigenvalue weighted by molar-refractivity contribution is 7.19. The van der Waals surface area contributed by atoms with Crippen molar-refractivity contribution in [3.8, 4) is 0 Å². The molecule has 4 nitrogen and oxygen atoms in total. The first-order valence-corrected chi connectivity index (χ1v) is 11.0. The van der Waals surface area contributed by atoms with Crippen molar-refractivity contribution in [2.75, 3.05) is 4.90 Å². The van der Waals surface area contributed by atoms with Crippen molar-refractivity contribution in [3.63, 3.8) is 0 Å². The third-order valence-electron chi connectivity index (χ3n) is 4.64. The van der Waals surface area contributed by atoms with Crippen LogP contribution < -0.4 is 4.90 Å². The van der Waals surface area contributed by atoms with Gasteiger partial charge < -0.3 is 0 Å². The van der Waals surface area contributed by atoms with E-state index in [-0.39, 0.29) is 5.91 Å². The van der Waals surface area contributed by atoms with Crippen LogP contribution in [0.4, 0.5) is 10.8 Å². The lowest BCUT2D eigenvalue weighted by Gasteiger charge is -2.22. The fourth-order valence-corrected chi connectivity index (χ4v) is 4.98. The number of thiazole rings is 2. The molecule has 0 spiro atoms. The van der Waals surface area contributed by atoms with Gasteiger partial charge in [0.1, 0.15) is 5.01 Å². The van der Waals surface area contributed by atoms with Crippen LogP contribution in [0.25, 0.3) is 22.4 Å². The van der Waals surface area contributed by atoms with Gasteiger partial charge >= 0.3 is 0 Å². The highest BCUT2D eigenvalue weighted by Crippen LogP contribution is 2.34. The van der Waals surface area contributed by atoms with Gasteiger partial charge in [0.2, 0.25) is 5.91 Å². The predicted molar refractivity (Wildman–Crippen MR) is 124 cm³/mol. The summed E-state index contributed by atoms with van der Waals surface area (Å²) >= 11 is 3.12. The summed E-state index contributed by atoms with van der Waals surface area (Å²) in [6, 6.07) is 12.3. The Morgan fingerprint density at radius 1 is 1.03 bits per heavy atom.